The summed E-state index contributed by atoms with van der Waals surface area (Å²) in [6.45, 7) is 0.790. The van der Waals surface area contributed by atoms with E-state index < -0.39 is 0 Å². The molecule has 0 bridgehead atoms. The van der Waals surface area contributed by atoms with Crippen molar-refractivity contribution in [2.24, 2.45) is 5.92 Å². The molecule has 0 amide bonds. The first-order chi connectivity index (χ1) is 13.8. The second-order valence-corrected chi connectivity index (χ2v) is 9.22. The number of halogens is 1. The van der Waals surface area contributed by atoms with E-state index in [4.69, 9.17) is 4.74 Å². The van der Waals surface area contributed by atoms with E-state index in [0.29, 0.717) is 11.5 Å². The van der Waals surface area contributed by atoms with Crippen LogP contribution >= 0.6 is 11.3 Å². The van der Waals surface area contributed by atoms with Gasteiger partial charge in [0, 0.05) is 10.4 Å². The van der Waals surface area contributed by atoms with Crippen molar-refractivity contribution >= 4 is 11.3 Å². The van der Waals surface area contributed by atoms with E-state index in [-0.39, 0.29) is 5.82 Å². The Morgan fingerprint density at radius 3 is 2.32 bits per heavy atom. The van der Waals surface area contributed by atoms with Crippen LogP contribution in [0, 0.1) is 11.7 Å². The lowest BCUT2D eigenvalue weighted by Crippen LogP contribution is -1.96. The van der Waals surface area contributed by atoms with E-state index in [9.17, 15) is 4.39 Å². The molecule has 1 aromatic heterocycles. The standard InChI is InChI=1S/C25H25FOS/c26-23-15-21(20-9-7-19(8-10-20)18-3-1-2-4-18)11-12-22(23)24-13-14-25(28-24)27-16-17-5-6-17/h7-15,17-18H,1-6,16H2. The van der Waals surface area contributed by atoms with Crippen LogP contribution in [0.15, 0.2) is 54.6 Å². The van der Waals surface area contributed by atoms with Gasteiger partial charge < -0.3 is 4.74 Å². The molecule has 0 radical (unpaired) electrons. The molecule has 2 saturated carbocycles. The van der Waals surface area contributed by atoms with Crippen molar-refractivity contribution in [3.8, 4) is 26.6 Å². The first kappa shape index (κ1) is 17.9. The monoisotopic (exact) mass is 392 g/mol. The van der Waals surface area contributed by atoms with Crippen LogP contribution in [0.25, 0.3) is 21.6 Å². The number of hydrogen-bond acceptors (Lipinski definition) is 2. The molecule has 0 atom stereocenters. The van der Waals surface area contributed by atoms with Crippen LogP contribution in [0.3, 0.4) is 0 Å². The third-order valence-electron chi connectivity index (χ3n) is 6.04. The third kappa shape index (κ3) is 3.86. The van der Waals surface area contributed by atoms with E-state index in [1.165, 1.54) is 55.4 Å². The van der Waals surface area contributed by atoms with Crippen LogP contribution < -0.4 is 4.74 Å². The first-order valence-corrected chi connectivity index (χ1v) is 11.2. The van der Waals surface area contributed by atoms with Crippen molar-refractivity contribution in [2.75, 3.05) is 6.61 Å². The Labute approximate surface area is 170 Å². The van der Waals surface area contributed by atoms with Crippen molar-refractivity contribution in [3.63, 3.8) is 0 Å². The largest absolute Gasteiger partial charge is 0.484 e. The number of thiophene rings is 1. The maximum Gasteiger partial charge on any atom is 0.174 e. The van der Waals surface area contributed by atoms with Crippen LogP contribution in [0.2, 0.25) is 0 Å². The van der Waals surface area contributed by atoms with Gasteiger partial charge in [0.25, 0.3) is 0 Å². The summed E-state index contributed by atoms with van der Waals surface area (Å²) in [6, 6.07) is 18.2. The number of hydrogen-bond donors (Lipinski definition) is 0. The molecule has 0 spiro atoms. The van der Waals surface area contributed by atoms with Crippen molar-refractivity contribution in [2.45, 2.75) is 44.4 Å². The zero-order valence-electron chi connectivity index (χ0n) is 16.0. The van der Waals surface area contributed by atoms with E-state index >= 15 is 0 Å². The maximum absolute atomic E-state index is 14.8. The Balaban J connectivity index is 1.32. The quantitative estimate of drug-likeness (QED) is 0.418. The van der Waals surface area contributed by atoms with Crippen molar-refractivity contribution in [1.82, 2.24) is 0 Å². The molecule has 0 saturated heterocycles. The summed E-state index contributed by atoms with van der Waals surface area (Å²) in [5, 5.41) is 0.882. The summed E-state index contributed by atoms with van der Waals surface area (Å²) in [6.07, 6.45) is 7.84. The van der Waals surface area contributed by atoms with E-state index in [1.54, 1.807) is 6.07 Å². The lowest BCUT2D eigenvalue weighted by molar-refractivity contribution is 0.308. The molecule has 2 aromatic carbocycles. The highest BCUT2D eigenvalue weighted by Crippen LogP contribution is 2.38. The molecule has 2 aliphatic rings. The molecule has 3 heteroatoms. The van der Waals surface area contributed by atoms with Gasteiger partial charge in [-0.1, -0.05) is 54.5 Å². The van der Waals surface area contributed by atoms with Crippen molar-refractivity contribution in [1.29, 1.82) is 0 Å². The molecular formula is C25H25FOS. The lowest BCUT2D eigenvalue weighted by Gasteiger charge is -2.11. The van der Waals surface area contributed by atoms with Crippen molar-refractivity contribution < 1.29 is 9.13 Å². The minimum absolute atomic E-state index is 0.173. The number of benzene rings is 2. The highest BCUT2D eigenvalue weighted by atomic mass is 32.1. The Kier molecular flexibility index (Phi) is 4.94. The molecule has 0 N–H and O–H groups in total. The summed E-state index contributed by atoms with van der Waals surface area (Å²) in [4.78, 5) is 0.923. The molecule has 1 nitrogen and oxygen atoms in total. The normalized spacial score (nSPS) is 17.2. The fourth-order valence-electron chi connectivity index (χ4n) is 4.13. The molecule has 3 aromatic rings. The van der Waals surface area contributed by atoms with Crippen LogP contribution in [0.4, 0.5) is 4.39 Å². The molecule has 2 aliphatic carbocycles. The highest BCUT2D eigenvalue weighted by molar-refractivity contribution is 7.17. The predicted octanol–water partition coefficient (Wildman–Crippen LogP) is 7.67. The van der Waals surface area contributed by atoms with E-state index in [2.05, 4.69) is 24.3 Å². The van der Waals surface area contributed by atoms with Gasteiger partial charge >= 0.3 is 0 Å². The van der Waals surface area contributed by atoms with Crippen LogP contribution in [-0.4, -0.2) is 6.61 Å². The third-order valence-corrected chi connectivity index (χ3v) is 7.08. The molecule has 144 valence electrons. The Bertz CT molecular complexity index is 949. The van der Waals surface area contributed by atoms with Gasteiger partial charge in [0.2, 0.25) is 0 Å². The summed E-state index contributed by atoms with van der Waals surface area (Å²) < 4.78 is 20.7. The average Bonchev–Trinajstić information content (AvgIpc) is 3.19. The minimum atomic E-state index is -0.173. The van der Waals surface area contributed by atoms with Gasteiger partial charge in [-0.15, -0.1) is 0 Å². The summed E-state index contributed by atoms with van der Waals surface area (Å²) >= 11 is 1.53. The second kappa shape index (κ2) is 7.71. The highest BCUT2D eigenvalue weighted by Gasteiger charge is 2.22. The van der Waals surface area contributed by atoms with Crippen LogP contribution in [0.1, 0.15) is 50.0 Å². The Morgan fingerprint density at radius 1 is 0.857 bits per heavy atom. The molecular weight excluding hydrogens is 367 g/mol. The molecule has 2 fully saturated rings. The Hall–Kier alpha value is -2.13. The van der Waals surface area contributed by atoms with Gasteiger partial charge in [-0.2, -0.15) is 0 Å². The van der Waals surface area contributed by atoms with Gasteiger partial charge in [-0.05, 0) is 78.5 Å². The molecule has 28 heavy (non-hydrogen) atoms. The van der Waals surface area contributed by atoms with Gasteiger partial charge in [0.1, 0.15) is 5.82 Å². The fraction of sp³-hybridized carbons (Fsp3) is 0.360. The second-order valence-electron chi connectivity index (χ2n) is 8.17. The maximum atomic E-state index is 14.8. The summed E-state index contributed by atoms with van der Waals surface area (Å²) in [7, 11) is 0. The zero-order chi connectivity index (χ0) is 18.9. The average molecular weight is 393 g/mol. The van der Waals surface area contributed by atoms with E-state index in [0.717, 1.165) is 33.6 Å². The molecule has 0 unspecified atom stereocenters. The summed E-state index contributed by atoms with van der Waals surface area (Å²) in [5.41, 5.74) is 4.08. The molecule has 5 rings (SSSR count). The fourth-order valence-corrected chi connectivity index (χ4v) is 5.02. The topological polar surface area (TPSA) is 9.23 Å². The zero-order valence-corrected chi connectivity index (χ0v) is 16.8. The first-order valence-electron chi connectivity index (χ1n) is 10.4. The van der Waals surface area contributed by atoms with Crippen molar-refractivity contribution in [3.05, 3.63) is 66.0 Å². The van der Waals surface area contributed by atoms with Gasteiger partial charge in [0.05, 0.1) is 6.61 Å². The molecule has 1 heterocycles. The van der Waals surface area contributed by atoms with Gasteiger partial charge in [0.15, 0.2) is 5.06 Å². The van der Waals surface area contributed by atoms with Crippen LogP contribution in [-0.2, 0) is 0 Å². The van der Waals surface area contributed by atoms with E-state index in [1.807, 2.05) is 24.3 Å². The Morgan fingerprint density at radius 2 is 1.61 bits per heavy atom. The minimum Gasteiger partial charge on any atom is -0.484 e. The van der Waals surface area contributed by atoms with Gasteiger partial charge in [-0.25, -0.2) is 4.39 Å². The lowest BCUT2D eigenvalue weighted by atomic mass is 9.95. The van der Waals surface area contributed by atoms with Crippen LogP contribution in [0.5, 0.6) is 5.06 Å². The number of ether oxygens (including phenoxy) is 1. The van der Waals surface area contributed by atoms with Gasteiger partial charge in [-0.3, -0.25) is 0 Å². The SMILES string of the molecule is Fc1cc(-c2ccc(C3CCCC3)cc2)ccc1-c1ccc(OCC2CC2)s1. The predicted molar refractivity (Wildman–Crippen MR) is 115 cm³/mol. The molecule has 0 aliphatic heterocycles. The number of rotatable bonds is 6. The smallest absolute Gasteiger partial charge is 0.174 e. The summed E-state index contributed by atoms with van der Waals surface area (Å²) in [5.74, 6) is 1.26.